The van der Waals surface area contributed by atoms with E-state index in [4.69, 9.17) is 15.1 Å². The Labute approximate surface area is 138 Å². The van der Waals surface area contributed by atoms with E-state index in [9.17, 15) is 14.0 Å². The molecule has 0 saturated carbocycles. The van der Waals surface area contributed by atoms with Crippen molar-refractivity contribution in [2.24, 2.45) is 0 Å². The summed E-state index contributed by atoms with van der Waals surface area (Å²) in [6, 6.07) is 4.03. The smallest absolute Gasteiger partial charge is 0.426 e. The highest BCUT2D eigenvalue weighted by Gasteiger charge is 2.19. The van der Waals surface area contributed by atoms with Crippen LogP contribution in [0.15, 0.2) is 30.1 Å². The molecule has 0 unspecified atom stereocenters. The van der Waals surface area contributed by atoms with E-state index in [0.29, 0.717) is 5.56 Å². The van der Waals surface area contributed by atoms with Gasteiger partial charge in [0.15, 0.2) is 5.57 Å². The zero-order valence-electron chi connectivity index (χ0n) is 13.4. The van der Waals surface area contributed by atoms with E-state index in [1.807, 2.05) is 0 Å². The van der Waals surface area contributed by atoms with Gasteiger partial charge in [-0.2, -0.15) is 9.65 Å². The molecule has 1 rings (SSSR count). The minimum absolute atomic E-state index is 0.0506. The van der Waals surface area contributed by atoms with Crippen LogP contribution in [-0.2, 0) is 16.1 Å². The van der Waals surface area contributed by atoms with Crippen molar-refractivity contribution in [1.82, 2.24) is 15.4 Å². The van der Waals surface area contributed by atoms with Crippen LogP contribution in [-0.4, -0.2) is 32.8 Å². The van der Waals surface area contributed by atoms with Gasteiger partial charge < -0.3 is 9.84 Å². The Morgan fingerprint density at radius 1 is 1.50 bits per heavy atom. The van der Waals surface area contributed by atoms with Crippen LogP contribution in [0.4, 0.5) is 9.18 Å². The van der Waals surface area contributed by atoms with Crippen LogP contribution >= 0.6 is 0 Å². The van der Waals surface area contributed by atoms with E-state index < -0.39 is 29.2 Å². The van der Waals surface area contributed by atoms with Gasteiger partial charge in [-0.25, -0.2) is 20.0 Å². The van der Waals surface area contributed by atoms with Crippen molar-refractivity contribution in [3.63, 3.8) is 0 Å². The van der Waals surface area contributed by atoms with E-state index in [-0.39, 0.29) is 6.54 Å². The van der Waals surface area contributed by atoms with Gasteiger partial charge >= 0.3 is 12.1 Å². The lowest BCUT2D eigenvalue weighted by atomic mass is 10.2. The lowest BCUT2D eigenvalue weighted by molar-refractivity contribution is -0.132. The monoisotopic (exact) mass is 336 g/mol. The number of nitrogens with zero attached hydrogens (tertiary/aromatic N) is 3. The Hall–Kier alpha value is -3.15. The number of nitriles is 1. The van der Waals surface area contributed by atoms with E-state index in [1.165, 1.54) is 18.3 Å². The predicted octanol–water partition coefficient (Wildman–Crippen LogP) is 1.95. The molecule has 0 aliphatic heterocycles. The summed E-state index contributed by atoms with van der Waals surface area (Å²) in [4.78, 5) is 26.3. The molecule has 1 amide bonds. The molecule has 0 bridgehead atoms. The van der Waals surface area contributed by atoms with Crippen molar-refractivity contribution in [2.45, 2.75) is 32.9 Å². The number of amides is 1. The highest BCUT2D eigenvalue weighted by atomic mass is 19.1. The molecule has 9 heteroatoms. The molecule has 128 valence electrons. The average molecular weight is 336 g/mol. The summed E-state index contributed by atoms with van der Waals surface area (Å²) in [5.41, 5.74) is 1.44. The summed E-state index contributed by atoms with van der Waals surface area (Å²) < 4.78 is 17.9. The topological polar surface area (TPSA) is 116 Å². The third kappa shape index (κ3) is 6.74. The van der Waals surface area contributed by atoms with Crippen LogP contribution in [0, 0.1) is 17.3 Å². The fourth-order valence-corrected chi connectivity index (χ4v) is 1.52. The van der Waals surface area contributed by atoms with E-state index >= 15 is 0 Å². The van der Waals surface area contributed by atoms with Crippen molar-refractivity contribution in [1.29, 1.82) is 5.26 Å². The highest BCUT2D eigenvalue weighted by molar-refractivity contribution is 5.90. The Morgan fingerprint density at radius 2 is 2.17 bits per heavy atom. The molecule has 2 N–H and O–H groups in total. The van der Waals surface area contributed by atoms with Crippen molar-refractivity contribution >= 4 is 12.1 Å². The number of aromatic nitrogens is 1. The third-order valence-corrected chi connectivity index (χ3v) is 2.41. The average Bonchev–Trinajstić information content (AvgIpc) is 2.44. The normalized spacial score (nSPS) is 11.4. The number of halogens is 1. The van der Waals surface area contributed by atoms with E-state index in [1.54, 1.807) is 20.8 Å². The van der Waals surface area contributed by atoms with Gasteiger partial charge in [-0.3, -0.25) is 5.01 Å². The van der Waals surface area contributed by atoms with Gasteiger partial charge in [0.2, 0.25) is 5.95 Å². The van der Waals surface area contributed by atoms with Crippen LogP contribution in [0.2, 0.25) is 0 Å². The maximum atomic E-state index is 12.8. The van der Waals surface area contributed by atoms with Gasteiger partial charge in [-0.1, -0.05) is 6.07 Å². The maximum Gasteiger partial charge on any atom is 0.426 e. The van der Waals surface area contributed by atoms with Crippen LogP contribution in [0.1, 0.15) is 26.3 Å². The lowest BCUT2D eigenvalue weighted by Gasteiger charge is -2.25. The number of carbonyl (C=O) groups excluding carboxylic acids is 1. The largest absolute Gasteiger partial charge is 0.477 e. The van der Waals surface area contributed by atoms with Gasteiger partial charge in [0.1, 0.15) is 11.7 Å². The SMILES string of the molecule is CC(C)(C)OC(=O)NN(C=C(C#N)C(=O)O)Cc1ccc(F)nc1. The lowest BCUT2D eigenvalue weighted by Crippen LogP contribution is -2.42. The standard InChI is InChI=1S/C15H17FN4O4/c1-15(2,3)24-14(23)19-20(9-11(6-17)13(21)22)8-10-4-5-12(16)18-7-10/h4-5,7,9H,8H2,1-3H3,(H,19,23)(H,21,22). The van der Waals surface area contributed by atoms with Crippen molar-refractivity contribution in [3.05, 3.63) is 41.6 Å². The molecule has 0 fully saturated rings. The molecule has 0 atom stereocenters. The number of pyridine rings is 1. The molecule has 0 aromatic carbocycles. The number of hydrazine groups is 1. The summed E-state index contributed by atoms with van der Waals surface area (Å²) >= 11 is 0. The van der Waals surface area contributed by atoms with Crippen LogP contribution in [0.5, 0.6) is 0 Å². The first-order valence-electron chi connectivity index (χ1n) is 6.82. The minimum atomic E-state index is -1.45. The molecule has 24 heavy (non-hydrogen) atoms. The van der Waals surface area contributed by atoms with Crippen LogP contribution in [0.3, 0.4) is 0 Å². The van der Waals surface area contributed by atoms with Gasteiger partial charge in [0, 0.05) is 12.4 Å². The van der Waals surface area contributed by atoms with Crippen LogP contribution < -0.4 is 5.43 Å². The first-order chi connectivity index (χ1) is 11.1. The van der Waals surface area contributed by atoms with Gasteiger partial charge in [-0.15, -0.1) is 0 Å². The van der Waals surface area contributed by atoms with Crippen molar-refractivity contribution in [2.75, 3.05) is 0 Å². The number of ether oxygens (including phenoxy) is 1. The summed E-state index contributed by atoms with van der Waals surface area (Å²) in [6.07, 6.45) is 1.33. The molecule has 0 spiro atoms. The van der Waals surface area contributed by atoms with Gasteiger partial charge in [-0.05, 0) is 32.4 Å². The minimum Gasteiger partial charge on any atom is -0.477 e. The number of aliphatic carboxylic acids is 1. The second-order valence-corrected chi connectivity index (χ2v) is 5.69. The number of hydrogen-bond acceptors (Lipinski definition) is 6. The molecular formula is C15H17FN4O4. The molecule has 1 heterocycles. The van der Waals surface area contributed by atoms with Gasteiger partial charge in [0.05, 0.1) is 6.54 Å². The second-order valence-electron chi connectivity index (χ2n) is 5.69. The van der Waals surface area contributed by atoms with Crippen molar-refractivity contribution in [3.8, 4) is 6.07 Å². The first kappa shape index (κ1) is 18.9. The number of carboxylic acid groups (broad SMARTS) is 1. The Kier molecular flexibility index (Phi) is 6.23. The second kappa shape index (κ2) is 7.92. The summed E-state index contributed by atoms with van der Waals surface area (Å²) in [7, 11) is 0. The number of carboxylic acids is 1. The maximum absolute atomic E-state index is 12.8. The van der Waals surface area contributed by atoms with E-state index in [0.717, 1.165) is 17.3 Å². The molecule has 0 aliphatic rings. The fourth-order valence-electron chi connectivity index (χ4n) is 1.52. The molecule has 8 nitrogen and oxygen atoms in total. The molecule has 0 saturated heterocycles. The summed E-state index contributed by atoms with van der Waals surface area (Å²) in [5.74, 6) is -2.13. The molecule has 0 aliphatic carbocycles. The zero-order valence-corrected chi connectivity index (χ0v) is 13.4. The molecular weight excluding hydrogens is 319 g/mol. The van der Waals surface area contributed by atoms with Crippen molar-refractivity contribution < 1.29 is 23.8 Å². The quantitative estimate of drug-likeness (QED) is 0.365. The Balaban J connectivity index is 2.98. The van der Waals surface area contributed by atoms with Gasteiger partial charge in [0.25, 0.3) is 0 Å². The summed E-state index contributed by atoms with van der Waals surface area (Å²) in [6.45, 7) is 4.93. The molecule has 1 aromatic heterocycles. The highest BCUT2D eigenvalue weighted by Crippen LogP contribution is 2.09. The first-order valence-corrected chi connectivity index (χ1v) is 6.82. The number of hydrogen-bond donors (Lipinski definition) is 2. The van der Waals surface area contributed by atoms with Crippen LogP contribution in [0.25, 0.3) is 0 Å². The zero-order chi connectivity index (χ0) is 18.3. The Bertz CT molecular complexity index is 674. The number of rotatable bonds is 5. The molecule has 0 radical (unpaired) electrons. The third-order valence-electron chi connectivity index (χ3n) is 2.41. The number of nitrogens with one attached hydrogen (secondary N) is 1. The summed E-state index contributed by atoms with van der Waals surface area (Å²) in [5, 5.41) is 18.8. The molecule has 1 aromatic rings. The van der Waals surface area contributed by atoms with E-state index in [2.05, 4.69) is 10.4 Å². The predicted molar refractivity (Wildman–Crippen MR) is 80.4 cm³/mol. The number of carbonyl (C=O) groups is 2. The fraction of sp³-hybridized carbons (Fsp3) is 0.333. The Morgan fingerprint density at radius 3 is 2.62 bits per heavy atom.